The molecule has 5 heteroatoms. The monoisotopic (exact) mass is 250 g/mol. The van der Waals surface area contributed by atoms with Crippen molar-refractivity contribution in [2.75, 3.05) is 39.8 Å². The van der Waals surface area contributed by atoms with Crippen LogP contribution in [-0.2, 0) is 11.3 Å². The molecule has 1 aliphatic rings. The minimum absolute atomic E-state index is 0.211. The molecule has 2 rings (SSSR count). The summed E-state index contributed by atoms with van der Waals surface area (Å²) >= 11 is 0. The molecule has 0 spiro atoms. The molecule has 1 saturated heterocycles. The number of rotatable bonds is 5. The van der Waals surface area contributed by atoms with Crippen LogP contribution in [0.5, 0.6) is 0 Å². The van der Waals surface area contributed by atoms with Crippen molar-refractivity contribution in [1.82, 2.24) is 20.1 Å². The Bertz CT molecular complexity index is 357. The smallest absolute Gasteiger partial charge is 0.223 e. The number of aromatic nitrogens is 1. The van der Waals surface area contributed by atoms with E-state index in [2.05, 4.69) is 15.2 Å². The predicted octanol–water partition coefficient (Wildman–Crippen LogP) is 0.268. The number of hydrogen-bond acceptors (Lipinski definition) is 3. The highest BCUT2D eigenvalue weighted by molar-refractivity contribution is 5.76. The summed E-state index contributed by atoms with van der Waals surface area (Å²) in [6.45, 7) is 5.70. The average Bonchev–Trinajstić information content (AvgIpc) is 2.90. The first-order valence-electron chi connectivity index (χ1n) is 6.55. The van der Waals surface area contributed by atoms with Crippen molar-refractivity contribution in [2.24, 2.45) is 0 Å². The molecular weight excluding hydrogens is 228 g/mol. The van der Waals surface area contributed by atoms with Gasteiger partial charge in [0.05, 0.1) is 6.54 Å². The summed E-state index contributed by atoms with van der Waals surface area (Å²) < 4.78 is 0. The summed E-state index contributed by atoms with van der Waals surface area (Å²) in [4.78, 5) is 19.2. The topological polar surface area (TPSA) is 51.4 Å². The molecule has 1 aromatic rings. The van der Waals surface area contributed by atoms with Crippen LogP contribution in [0.1, 0.15) is 12.1 Å². The Balaban J connectivity index is 1.70. The van der Waals surface area contributed by atoms with Crippen LogP contribution in [0.3, 0.4) is 0 Å². The summed E-state index contributed by atoms with van der Waals surface area (Å²) in [7, 11) is 1.86. The Morgan fingerprint density at radius 1 is 1.44 bits per heavy atom. The minimum atomic E-state index is 0.211. The highest BCUT2D eigenvalue weighted by atomic mass is 16.2. The fourth-order valence-corrected chi connectivity index (χ4v) is 2.19. The molecule has 0 aliphatic carbocycles. The maximum absolute atomic E-state index is 12.0. The van der Waals surface area contributed by atoms with Crippen LogP contribution in [0, 0.1) is 0 Å². The van der Waals surface area contributed by atoms with E-state index in [-0.39, 0.29) is 5.91 Å². The van der Waals surface area contributed by atoms with Gasteiger partial charge in [-0.25, -0.2) is 0 Å². The molecule has 5 nitrogen and oxygen atoms in total. The molecule has 2 heterocycles. The molecule has 1 amide bonds. The molecule has 1 aromatic heterocycles. The maximum atomic E-state index is 12.0. The van der Waals surface area contributed by atoms with Crippen molar-refractivity contribution in [3.8, 4) is 0 Å². The number of hydrogen-bond donors (Lipinski definition) is 2. The van der Waals surface area contributed by atoms with Crippen molar-refractivity contribution in [2.45, 2.75) is 13.0 Å². The number of amides is 1. The van der Waals surface area contributed by atoms with E-state index in [4.69, 9.17) is 0 Å². The third kappa shape index (κ3) is 3.85. The van der Waals surface area contributed by atoms with Crippen LogP contribution in [0.15, 0.2) is 18.3 Å². The molecule has 0 atom stereocenters. The number of carbonyl (C=O) groups excluding carboxylic acids is 1. The van der Waals surface area contributed by atoms with E-state index in [0.717, 1.165) is 38.4 Å². The summed E-state index contributed by atoms with van der Waals surface area (Å²) in [5, 5.41) is 3.31. The van der Waals surface area contributed by atoms with E-state index >= 15 is 0 Å². The summed E-state index contributed by atoms with van der Waals surface area (Å²) in [6.07, 6.45) is 2.49. The average molecular weight is 250 g/mol. The highest BCUT2D eigenvalue weighted by Gasteiger charge is 2.14. The Kier molecular flexibility index (Phi) is 4.78. The van der Waals surface area contributed by atoms with Gasteiger partial charge in [0.2, 0.25) is 5.91 Å². The van der Waals surface area contributed by atoms with Gasteiger partial charge >= 0.3 is 0 Å². The van der Waals surface area contributed by atoms with Crippen LogP contribution in [0.25, 0.3) is 0 Å². The third-order valence-corrected chi connectivity index (χ3v) is 3.35. The van der Waals surface area contributed by atoms with Crippen molar-refractivity contribution < 1.29 is 4.79 Å². The number of aromatic amines is 1. The van der Waals surface area contributed by atoms with Gasteiger partial charge in [-0.15, -0.1) is 0 Å². The van der Waals surface area contributed by atoms with E-state index in [1.807, 2.05) is 25.4 Å². The first-order valence-corrected chi connectivity index (χ1v) is 6.55. The third-order valence-electron chi connectivity index (χ3n) is 3.35. The van der Waals surface area contributed by atoms with Gasteiger partial charge in [-0.3, -0.25) is 4.79 Å². The van der Waals surface area contributed by atoms with E-state index in [1.54, 1.807) is 4.90 Å². The zero-order valence-corrected chi connectivity index (χ0v) is 11.0. The summed E-state index contributed by atoms with van der Waals surface area (Å²) in [5.74, 6) is 0.211. The molecule has 0 unspecified atom stereocenters. The molecular formula is C13H22N4O. The first kappa shape index (κ1) is 13.1. The van der Waals surface area contributed by atoms with Gasteiger partial charge in [0.1, 0.15) is 0 Å². The van der Waals surface area contributed by atoms with Gasteiger partial charge in [-0.05, 0) is 12.1 Å². The van der Waals surface area contributed by atoms with Crippen molar-refractivity contribution >= 4 is 5.91 Å². The van der Waals surface area contributed by atoms with Crippen LogP contribution >= 0.6 is 0 Å². The van der Waals surface area contributed by atoms with E-state index in [1.165, 1.54) is 0 Å². The van der Waals surface area contributed by atoms with E-state index in [0.29, 0.717) is 13.0 Å². The summed E-state index contributed by atoms with van der Waals surface area (Å²) in [5.41, 5.74) is 1.08. The van der Waals surface area contributed by atoms with Gasteiger partial charge in [-0.1, -0.05) is 0 Å². The molecule has 1 fully saturated rings. The van der Waals surface area contributed by atoms with Crippen molar-refractivity contribution in [3.05, 3.63) is 24.0 Å². The van der Waals surface area contributed by atoms with E-state index < -0.39 is 0 Å². The lowest BCUT2D eigenvalue weighted by Crippen LogP contribution is -2.44. The summed E-state index contributed by atoms with van der Waals surface area (Å²) in [6, 6.07) is 3.95. The van der Waals surface area contributed by atoms with Gasteiger partial charge in [0.15, 0.2) is 0 Å². The molecule has 2 N–H and O–H groups in total. The SMILES string of the molecule is CN(Cc1ccc[nH]1)C(=O)CCN1CCNCC1. The second-order valence-corrected chi connectivity index (χ2v) is 4.79. The Hall–Kier alpha value is -1.33. The number of nitrogens with one attached hydrogen (secondary N) is 2. The standard InChI is InChI=1S/C13H22N4O/c1-16(11-12-3-2-5-15-12)13(18)4-8-17-9-6-14-7-10-17/h2-3,5,14-15H,4,6-11H2,1H3. The van der Waals surface area contributed by atoms with Crippen LogP contribution in [0.2, 0.25) is 0 Å². The second kappa shape index (κ2) is 6.56. The zero-order chi connectivity index (χ0) is 12.8. The van der Waals surface area contributed by atoms with E-state index in [9.17, 15) is 4.79 Å². The van der Waals surface area contributed by atoms with Gasteiger partial charge in [0.25, 0.3) is 0 Å². The first-order chi connectivity index (χ1) is 8.75. The maximum Gasteiger partial charge on any atom is 0.223 e. The Labute approximate surface area is 108 Å². The minimum Gasteiger partial charge on any atom is -0.364 e. The Morgan fingerprint density at radius 3 is 2.89 bits per heavy atom. The largest absolute Gasteiger partial charge is 0.364 e. The fraction of sp³-hybridized carbons (Fsp3) is 0.615. The molecule has 0 radical (unpaired) electrons. The molecule has 18 heavy (non-hydrogen) atoms. The zero-order valence-electron chi connectivity index (χ0n) is 11.0. The quantitative estimate of drug-likeness (QED) is 0.788. The molecule has 0 aromatic carbocycles. The highest BCUT2D eigenvalue weighted by Crippen LogP contribution is 2.03. The second-order valence-electron chi connectivity index (χ2n) is 4.79. The van der Waals surface area contributed by atoms with Gasteiger partial charge < -0.3 is 20.1 Å². The Morgan fingerprint density at radius 2 is 2.22 bits per heavy atom. The van der Waals surface area contributed by atoms with Crippen molar-refractivity contribution in [1.29, 1.82) is 0 Å². The van der Waals surface area contributed by atoms with Gasteiger partial charge in [-0.2, -0.15) is 0 Å². The van der Waals surface area contributed by atoms with Gasteiger partial charge in [0, 0.05) is 58.1 Å². The molecule has 100 valence electrons. The molecule has 0 bridgehead atoms. The number of carbonyl (C=O) groups is 1. The normalized spacial score (nSPS) is 16.7. The lowest BCUT2D eigenvalue weighted by atomic mass is 10.3. The lowest BCUT2D eigenvalue weighted by Gasteiger charge is -2.27. The molecule has 1 aliphatic heterocycles. The predicted molar refractivity (Wildman–Crippen MR) is 71.2 cm³/mol. The van der Waals surface area contributed by atoms with Crippen LogP contribution in [0.4, 0.5) is 0 Å². The number of piperazine rings is 1. The van der Waals surface area contributed by atoms with Crippen LogP contribution in [-0.4, -0.2) is 60.5 Å². The lowest BCUT2D eigenvalue weighted by molar-refractivity contribution is -0.130. The molecule has 0 saturated carbocycles. The number of H-pyrrole nitrogens is 1. The van der Waals surface area contributed by atoms with Crippen LogP contribution < -0.4 is 5.32 Å². The van der Waals surface area contributed by atoms with Crippen molar-refractivity contribution in [3.63, 3.8) is 0 Å². The number of nitrogens with zero attached hydrogens (tertiary/aromatic N) is 2. The fourth-order valence-electron chi connectivity index (χ4n) is 2.19.